The van der Waals surface area contributed by atoms with Gasteiger partial charge in [-0.15, -0.1) is 0 Å². The number of hydrogen-bond donors (Lipinski definition) is 2. The largest absolute Gasteiger partial charge is 0.370 e. The lowest BCUT2D eigenvalue weighted by Crippen LogP contribution is -2.39. The number of aromatic nitrogens is 2. The molecule has 0 radical (unpaired) electrons. The van der Waals surface area contributed by atoms with Crippen molar-refractivity contribution < 1.29 is 14.0 Å². The van der Waals surface area contributed by atoms with Crippen LogP contribution in [0.15, 0.2) is 59.9 Å². The van der Waals surface area contributed by atoms with Crippen LogP contribution in [0.1, 0.15) is 28.5 Å². The Bertz CT molecular complexity index is 1150. The number of aliphatic imine (C=N–C) groups is 1. The molecule has 1 amide bonds. The summed E-state index contributed by atoms with van der Waals surface area (Å²) in [5.41, 5.74) is 6.63. The molecule has 0 saturated carbocycles. The van der Waals surface area contributed by atoms with Crippen molar-refractivity contribution in [2.24, 2.45) is 10.7 Å². The molecule has 3 aromatic rings. The summed E-state index contributed by atoms with van der Waals surface area (Å²) >= 11 is 0. The highest BCUT2D eigenvalue weighted by atomic mass is 19.1. The van der Waals surface area contributed by atoms with Gasteiger partial charge in [0.1, 0.15) is 0 Å². The molecule has 29 heavy (non-hydrogen) atoms. The smallest absolute Gasteiger partial charge is 0.264 e. The van der Waals surface area contributed by atoms with E-state index in [-0.39, 0.29) is 5.96 Å². The van der Waals surface area contributed by atoms with Crippen LogP contribution in [0.4, 0.5) is 4.39 Å². The zero-order chi connectivity index (χ0) is 20.6. The third-order valence-electron chi connectivity index (χ3n) is 5.02. The first-order valence-corrected chi connectivity index (χ1v) is 9.03. The molecular weight excluding hydrogens is 373 g/mol. The molecule has 1 atom stereocenters. The van der Waals surface area contributed by atoms with Crippen molar-refractivity contribution in [1.29, 1.82) is 0 Å². The number of aldehydes is 1. The summed E-state index contributed by atoms with van der Waals surface area (Å²) in [5, 5.41) is 2.54. The molecule has 0 saturated heterocycles. The first kappa shape index (κ1) is 18.5. The molecule has 2 aromatic heterocycles. The zero-order valence-electron chi connectivity index (χ0n) is 15.6. The van der Waals surface area contributed by atoms with E-state index in [0.29, 0.717) is 34.5 Å². The Labute approximate surface area is 166 Å². The van der Waals surface area contributed by atoms with Gasteiger partial charge >= 0.3 is 0 Å². The lowest BCUT2D eigenvalue weighted by Gasteiger charge is -2.23. The molecule has 3 heterocycles. The third-order valence-corrected chi connectivity index (χ3v) is 5.02. The van der Waals surface area contributed by atoms with Crippen LogP contribution in [0.3, 0.4) is 0 Å². The monoisotopic (exact) mass is 391 g/mol. The minimum absolute atomic E-state index is 0.0233. The lowest BCUT2D eigenvalue weighted by molar-refractivity contribution is -0.122. The number of nitrogens with two attached hydrogens (primary N) is 1. The Kier molecular flexibility index (Phi) is 4.46. The second-order valence-electron chi connectivity index (χ2n) is 6.64. The molecule has 146 valence electrons. The number of aryl methyl sites for hydroxylation is 1. The molecule has 0 bridgehead atoms. The van der Waals surface area contributed by atoms with E-state index in [4.69, 9.17) is 5.73 Å². The van der Waals surface area contributed by atoms with Gasteiger partial charge in [0.15, 0.2) is 17.8 Å². The van der Waals surface area contributed by atoms with Crippen LogP contribution in [-0.4, -0.2) is 27.7 Å². The number of benzene rings is 1. The van der Waals surface area contributed by atoms with E-state index < -0.39 is 17.4 Å². The standard InChI is InChI=1S/C21H18FN5O2/c1-2-27-11-15(10-16(27)12-28)21(19(29)25-20(23)26-21)14-6-3-5-13(9-14)17-7-4-8-24-18(17)22/h3-12H,2H2,1H3,(H3,23,25,26,29). The fraction of sp³-hybridized carbons (Fsp3) is 0.143. The maximum atomic E-state index is 14.2. The van der Waals surface area contributed by atoms with Crippen molar-refractivity contribution >= 4 is 18.2 Å². The Hall–Kier alpha value is -3.81. The van der Waals surface area contributed by atoms with Gasteiger partial charge in [0.2, 0.25) is 5.95 Å². The van der Waals surface area contributed by atoms with Gasteiger partial charge in [0.05, 0.1) is 5.69 Å². The van der Waals surface area contributed by atoms with Crippen LogP contribution < -0.4 is 11.1 Å². The average Bonchev–Trinajstić information content (AvgIpc) is 3.29. The molecule has 1 aromatic carbocycles. The number of pyridine rings is 1. The Morgan fingerprint density at radius 2 is 2.07 bits per heavy atom. The van der Waals surface area contributed by atoms with Crippen molar-refractivity contribution in [3.05, 3.63) is 77.6 Å². The van der Waals surface area contributed by atoms with E-state index in [0.717, 1.165) is 6.29 Å². The van der Waals surface area contributed by atoms with Crippen LogP contribution in [-0.2, 0) is 16.9 Å². The van der Waals surface area contributed by atoms with Crippen LogP contribution in [0.5, 0.6) is 0 Å². The van der Waals surface area contributed by atoms with Crippen LogP contribution >= 0.6 is 0 Å². The number of carbonyl (C=O) groups is 2. The molecule has 1 unspecified atom stereocenters. The normalized spacial score (nSPS) is 18.4. The van der Waals surface area contributed by atoms with Gasteiger partial charge in [-0.25, -0.2) is 9.98 Å². The van der Waals surface area contributed by atoms with E-state index in [1.165, 1.54) is 6.20 Å². The molecule has 0 fully saturated rings. The average molecular weight is 391 g/mol. The topological polar surface area (TPSA) is 102 Å². The maximum absolute atomic E-state index is 14.2. The van der Waals surface area contributed by atoms with E-state index in [1.54, 1.807) is 53.2 Å². The summed E-state index contributed by atoms with van der Waals surface area (Å²) in [6, 6.07) is 11.7. The molecule has 3 N–H and O–H groups in total. The molecule has 1 aliphatic rings. The Morgan fingerprint density at radius 3 is 2.69 bits per heavy atom. The highest BCUT2D eigenvalue weighted by Gasteiger charge is 2.47. The van der Waals surface area contributed by atoms with Crippen molar-refractivity contribution in [2.75, 3.05) is 0 Å². The predicted molar refractivity (Wildman–Crippen MR) is 106 cm³/mol. The van der Waals surface area contributed by atoms with E-state index in [9.17, 15) is 14.0 Å². The van der Waals surface area contributed by atoms with E-state index >= 15 is 0 Å². The van der Waals surface area contributed by atoms with Crippen LogP contribution in [0, 0.1) is 5.95 Å². The minimum Gasteiger partial charge on any atom is -0.370 e. The minimum atomic E-state index is -1.48. The van der Waals surface area contributed by atoms with Gasteiger partial charge < -0.3 is 10.3 Å². The van der Waals surface area contributed by atoms with Crippen molar-refractivity contribution in [2.45, 2.75) is 19.0 Å². The Balaban J connectivity index is 1.94. The number of nitrogens with one attached hydrogen (secondary N) is 1. The number of rotatable bonds is 5. The summed E-state index contributed by atoms with van der Waals surface area (Å²) in [6.45, 7) is 2.44. The summed E-state index contributed by atoms with van der Waals surface area (Å²) in [4.78, 5) is 32.6. The highest BCUT2D eigenvalue weighted by Crippen LogP contribution is 2.39. The van der Waals surface area contributed by atoms with E-state index in [1.807, 2.05) is 6.92 Å². The summed E-state index contributed by atoms with van der Waals surface area (Å²) in [5.74, 6) is -1.08. The molecule has 7 nitrogen and oxygen atoms in total. The Morgan fingerprint density at radius 1 is 1.24 bits per heavy atom. The predicted octanol–water partition coefficient (Wildman–Crippen LogP) is 2.21. The fourth-order valence-corrected chi connectivity index (χ4v) is 3.63. The second-order valence-corrected chi connectivity index (χ2v) is 6.64. The first-order valence-electron chi connectivity index (χ1n) is 9.03. The summed E-state index contributed by atoms with van der Waals surface area (Å²) in [7, 11) is 0. The number of carbonyl (C=O) groups excluding carboxylic acids is 2. The quantitative estimate of drug-likeness (QED) is 0.514. The van der Waals surface area contributed by atoms with Gasteiger partial charge in [-0.3, -0.25) is 14.9 Å². The number of amides is 1. The molecular formula is C21H18FN5O2. The van der Waals surface area contributed by atoms with Crippen LogP contribution in [0.2, 0.25) is 0 Å². The molecule has 4 rings (SSSR count). The second kappa shape index (κ2) is 6.97. The van der Waals surface area contributed by atoms with Crippen molar-refractivity contribution in [1.82, 2.24) is 14.9 Å². The molecule has 1 aliphatic heterocycles. The van der Waals surface area contributed by atoms with Gasteiger partial charge in [-0.1, -0.05) is 18.2 Å². The summed E-state index contributed by atoms with van der Waals surface area (Å²) < 4.78 is 15.9. The first-order chi connectivity index (χ1) is 14.0. The van der Waals surface area contributed by atoms with Gasteiger partial charge in [0, 0.05) is 30.1 Å². The van der Waals surface area contributed by atoms with Gasteiger partial charge in [-0.2, -0.15) is 4.39 Å². The number of halogens is 1. The SMILES string of the molecule is CCn1cc(C2(c3cccc(-c4cccnc4F)c3)N=C(N)NC2=O)cc1C=O. The van der Waals surface area contributed by atoms with Gasteiger partial charge in [0.25, 0.3) is 5.91 Å². The molecule has 0 spiro atoms. The molecule has 0 aliphatic carbocycles. The fourth-order valence-electron chi connectivity index (χ4n) is 3.63. The zero-order valence-corrected chi connectivity index (χ0v) is 15.6. The summed E-state index contributed by atoms with van der Waals surface area (Å²) in [6.07, 6.45) is 3.80. The van der Waals surface area contributed by atoms with Crippen molar-refractivity contribution in [3.63, 3.8) is 0 Å². The van der Waals surface area contributed by atoms with Crippen molar-refractivity contribution in [3.8, 4) is 11.1 Å². The van der Waals surface area contributed by atoms with E-state index in [2.05, 4.69) is 15.3 Å². The van der Waals surface area contributed by atoms with Gasteiger partial charge in [-0.05, 0) is 42.3 Å². The highest BCUT2D eigenvalue weighted by molar-refractivity contribution is 6.09. The third kappa shape index (κ3) is 2.89. The number of hydrogen-bond acceptors (Lipinski definition) is 5. The van der Waals surface area contributed by atoms with Crippen LogP contribution in [0.25, 0.3) is 11.1 Å². The number of guanidine groups is 1. The number of nitrogens with zero attached hydrogens (tertiary/aromatic N) is 3. The maximum Gasteiger partial charge on any atom is 0.264 e. The lowest BCUT2D eigenvalue weighted by atomic mass is 9.83. The molecule has 8 heteroatoms.